The second kappa shape index (κ2) is 11.6. The van der Waals surface area contributed by atoms with Crippen molar-refractivity contribution in [2.45, 2.75) is 121 Å². The molecule has 0 bridgehead atoms. The zero-order valence-corrected chi connectivity index (χ0v) is 17.8. The van der Waals surface area contributed by atoms with Crippen LogP contribution in [0.2, 0.25) is 5.82 Å². The molecule has 28 heavy (non-hydrogen) atoms. The molecule has 0 aromatic rings. The van der Waals surface area contributed by atoms with Crippen LogP contribution in [0.15, 0.2) is 0 Å². The first-order valence-electron chi connectivity index (χ1n) is 12.3. The van der Waals surface area contributed by atoms with Crippen LogP contribution in [-0.4, -0.2) is 29.1 Å². The van der Waals surface area contributed by atoms with E-state index in [9.17, 15) is 14.8 Å². The third-order valence-electron chi connectivity index (χ3n) is 7.74. The van der Waals surface area contributed by atoms with Crippen molar-refractivity contribution in [2.24, 2.45) is 17.8 Å². The van der Waals surface area contributed by atoms with E-state index in [4.69, 9.17) is 0 Å². The van der Waals surface area contributed by atoms with Crippen molar-refractivity contribution in [3.8, 4) is 0 Å². The Hall–Kier alpha value is -0.545. The number of carbonyl (C=O) groups is 1. The van der Waals surface area contributed by atoms with E-state index in [0.717, 1.165) is 51.4 Å². The maximum Gasteiger partial charge on any atom is 0.455 e. The average Bonchev–Trinajstić information content (AvgIpc) is 3.37. The van der Waals surface area contributed by atoms with Gasteiger partial charge >= 0.3 is 7.12 Å². The molecule has 0 saturated heterocycles. The maximum atomic E-state index is 13.0. The fourth-order valence-electron chi connectivity index (χ4n) is 5.96. The van der Waals surface area contributed by atoms with Gasteiger partial charge in [-0.2, -0.15) is 0 Å². The maximum absolute atomic E-state index is 13.0. The summed E-state index contributed by atoms with van der Waals surface area (Å²) in [6, 6.07) is 0.380. The Morgan fingerprint density at radius 3 is 1.75 bits per heavy atom. The molecule has 0 aromatic heterocycles. The molecular weight excluding hydrogens is 349 g/mol. The van der Waals surface area contributed by atoms with Crippen LogP contribution in [0.5, 0.6) is 0 Å². The van der Waals surface area contributed by atoms with Crippen LogP contribution in [0.4, 0.5) is 0 Å². The molecule has 0 spiro atoms. The van der Waals surface area contributed by atoms with Gasteiger partial charge in [-0.15, -0.1) is 0 Å². The molecule has 0 aromatic carbocycles. The molecule has 1 amide bonds. The summed E-state index contributed by atoms with van der Waals surface area (Å²) in [7, 11) is -1.15. The molecule has 0 aliphatic heterocycles. The number of nitrogens with one attached hydrogen (secondary N) is 1. The molecule has 3 rings (SSSR count). The summed E-state index contributed by atoms with van der Waals surface area (Å²) in [5, 5.41) is 22.6. The molecule has 0 heterocycles. The van der Waals surface area contributed by atoms with Crippen LogP contribution < -0.4 is 5.32 Å². The van der Waals surface area contributed by atoms with E-state index in [1.807, 2.05) is 0 Å². The Kier molecular flexibility index (Phi) is 9.17. The highest BCUT2D eigenvalue weighted by atomic mass is 16.4. The van der Waals surface area contributed by atoms with Crippen molar-refractivity contribution in [3.05, 3.63) is 0 Å². The fourth-order valence-corrected chi connectivity index (χ4v) is 5.96. The Morgan fingerprint density at radius 1 is 0.643 bits per heavy atom. The normalized spacial score (nSPS) is 33.8. The Bertz CT molecular complexity index is 463. The lowest BCUT2D eigenvalue weighted by molar-refractivity contribution is -0.126. The summed E-state index contributed by atoms with van der Waals surface area (Å²) in [4.78, 5) is 13.0. The van der Waals surface area contributed by atoms with Crippen molar-refractivity contribution in [1.29, 1.82) is 0 Å². The molecule has 0 radical (unpaired) electrons. The highest BCUT2D eigenvalue weighted by molar-refractivity contribution is 6.44. The van der Waals surface area contributed by atoms with Crippen LogP contribution in [0.1, 0.15) is 109 Å². The summed E-state index contributed by atoms with van der Waals surface area (Å²) in [5.41, 5.74) is 0. The number of carbonyl (C=O) groups excluding carboxylic acids is 1. The van der Waals surface area contributed by atoms with Gasteiger partial charge in [0.05, 0.1) is 0 Å². The third-order valence-corrected chi connectivity index (χ3v) is 7.74. The fraction of sp³-hybridized carbons (Fsp3) is 0.957. The molecule has 4 unspecified atom stereocenters. The van der Waals surface area contributed by atoms with Gasteiger partial charge in [-0.1, -0.05) is 83.5 Å². The first-order valence-corrected chi connectivity index (χ1v) is 12.3. The molecule has 5 heteroatoms. The van der Waals surface area contributed by atoms with E-state index in [1.165, 1.54) is 57.8 Å². The molecule has 3 saturated carbocycles. The smallest absolute Gasteiger partial charge is 0.427 e. The topological polar surface area (TPSA) is 69.6 Å². The molecule has 3 N–H and O–H groups in total. The zero-order valence-electron chi connectivity index (χ0n) is 17.8. The lowest BCUT2D eigenvalue weighted by atomic mass is 9.79. The van der Waals surface area contributed by atoms with Crippen LogP contribution in [0.3, 0.4) is 0 Å². The van der Waals surface area contributed by atoms with Gasteiger partial charge < -0.3 is 15.4 Å². The van der Waals surface area contributed by atoms with Crippen molar-refractivity contribution < 1.29 is 14.8 Å². The predicted octanol–water partition coefficient (Wildman–Crippen LogP) is 4.84. The van der Waals surface area contributed by atoms with Crippen molar-refractivity contribution in [1.82, 2.24) is 5.32 Å². The van der Waals surface area contributed by atoms with E-state index in [2.05, 4.69) is 5.32 Å². The monoisotopic (exact) mass is 391 g/mol. The average molecular weight is 391 g/mol. The minimum absolute atomic E-state index is 0.0923. The lowest BCUT2D eigenvalue weighted by Crippen LogP contribution is -2.39. The van der Waals surface area contributed by atoms with E-state index in [1.54, 1.807) is 0 Å². The van der Waals surface area contributed by atoms with Gasteiger partial charge in [0.2, 0.25) is 5.91 Å². The lowest BCUT2D eigenvalue weighted by Gasteiger charge is -2.24. The number of fused-ring (bicyclic) bond motifs is 1. The van der Waals surface area contributed by atoms with Gasteiger partial charge in [0.15, 0.2) is 0 Å². The largest absolute Gasteiger partial charge is 0.455 e. The van der Waals surface area contributed by atoms with Gasteiger partial charge in [-0.3, -0.25) is 4.79 Å². The molecular formula is C23H42BNO3. The predicted molar refractivity (Wildman–Crippen MR) is 115 cm³/mol. The quantitative estimate of drug-likeness (QED) is 0.603. The van der Waals surface area contributed by atoms with Crippen LogP contribution in [0.25, 0.3) is 0 Å². The number of rotatable bonds is 3. The van der Waals surface area contributed by atoms with Crippen molar-refractivity contribution >= 4 is 13.0 Å². The second-order valence-electron chi connectivity index (χ2n) is 9.84. The van der Waals surface area contributed by atoms with E-state index in [0.29, 0.717) is 23.8 Å². The number of hydrogen-bond donors (Lipinski definition) is 3. The van der Waals surface area contributed by atoms with Gasteiger partial charge in [0.1, 0.15) is 0 Å². The molecule has 3 aliphatic rings. The van der Waals surface area contributed by atoms with Gasteiger partial charge in [-0.25, -0.2) is 0 Å². The Balaban J connectivity index is 1.48. The van der Waals surface area contributed by atoms with Crippen molar-refractivity contribution in [3.63, 3.8) is 0 Å². The highest BCUT2D eigenvalue weighted by Gasteiger charge is 2.54. The first kappa shape index (κ1) is 22.1. The third kappa shape index (κ3) is 6.76. The second-order valence-corrected chi connectivity index (χ2v) is 9.84. The summed E-state index contributed by atoms with van der Waals surface area (Å²) in [5.74, 6) is 1.53. The van der Waals surface area contributed by atoms with Crippen molar-refractivity contribution in [2.75, 3.05) is 0 Å². The van der Waals surface area contributed by atoms with Gasteiger partial charge in [0.25, 0.3) is 0 Å². The SMILES string of the molecule is O=C(NC1CCCCCCCCC1)C1CCCCCC2C(CCC1)C2B(O)O. The minimum atomic E-state index is -1.15. The molecule has 3 aliphatic carbocycles. The van der Waals surface area contributed by atoms with Gasteiger partial charge in [0, 0.05) is 12.0 Å². The van der Waals surface area contributed by atoms with E-state index in [-0.39, 0.29) is 11.7 Å². The minimum Gasteiger partial charge on any atom is -0.427 e. The number of hydrogen-bond acceptors (Lipinski definition) is 3. The van der Waals surface area contributed by atoms with Crippen LogP contribution in [-0.2, 0) is 4.79 Å². The molecule has 4 nitrogen and oxygen atoms in total. The van der Waals surface area contributed by atoms with E-state index < -0.39 is 7.12 Å². The van der Waals surface area contributed by atoms with E-state index >= 15 is 0 Å². The van der Waals surface area contributed by atoms with Crippen LogP contribution in [0, 0.1) is 17.8 Å². The molecule has 160 valence electrons. The summed E-state index contributed by atoms with van der Waals surface area (Å²) in [6.07, 6.45) is 20.2. The van der Waals surface area contributed by atoms with Crippen LogP contribution >= 0.6 is 0 Å². The Labute approximate surface area is 172 Å². The first-order chi connectivity index (χ1) is 13.7. The summed E-state index contributed by atoms with van der Waals surface area (Å²) >= 11 is 0. The molecule has 4 atom stereocenters. The summed E-state index contributed by atoms with van der Waals surface area (Å²) < 4.78 is 0. The standard InChI is InChI=1S/C23H42BNO3/c26-23(25-19-14-8-4-2-1-3-5-9-15-19)18-12-7-6-10-16-20-21(17-11-13-18)22(20)24(27)28/h18-22,27-28H,1-17H2,(H,25,26). The zero-order chi connectivity index (χ0) is 19.8. The summed E-state index contributed by atoms with van der Waals surface area (Å²) in [6.45, 7) is 0. The number of amides is 1. The molecule has 3 fully saturated rings. The highest BCUT2D eigenvalue weighted by Crippen LogP contribution is 2.58. The Morgan fingerprint density at radius 2 is 1.11 bits per heavy atom. The van der Waals surface area contributed by atoms with Gasteiger partial charge in [-0.05, 0) is 43.3 Å².